The molecule has 0 saturated heterocycles. The normalized spacial score (nSPS) is 11.6. The quantitative estimate of drug-likeness (QED) is 0.684. The van der Waals surface area contributed by atoms with Crippen molar-refractivity contribution in [2.75, 3.05) is 20.6 Å². The van der Waals surface area contributed by atoms with Crippen LogP contribution in [-0.4, -0.2) is 35.9 Å². The van der Waals surface area contributed by atoms with Gasteiger partial charge in [-0.25, -0.2) is 0 Å². The Bertz CT molecular complexity index is 815. The van der Waals surface area contributed by atoms with Crippen molar-refractivity contribution in [3.63, 3.8) is 0 Å². The SMILES string of the molecule is CN(C)CCC(=O)c1ccc2c(c1)c1ccccc1n2C. The maximum absolute atomic E-state index is 12.3. The average Bonchev–Trinajstić information content (AvgIpc) is 2.78. The number of aryl methyl sites for hydroxylation is 1. The van der Waals surface area contributed by atoms with E-state index in [0.717, 1.165) is 17.5 Å². The number of rotatable bonds is 4. The highest BCUT2D eigenvalue weighted by atomic mass is 16.1. The zero-order chi connectivity index (χ0) is 15.0. The van der Waals surface area contributed by atoms with Crippen molar-refractivity contribution in [1.82, 2.24) is 9.47 Å². The molecule has 0 fully saturated rings. The Kier molecular flexibility index (Phi) is 3.52. The van der Waals surface area contributed by atoms with Gasteiger partial charge in [0.2, 0.25) is 0 Å². The summed E-state index contributed by atoms with van der Waals surface area (Å²) in [5, 5.41) is 2.36. The van der Waals surface area contributed by atoms with Crippen molar-refractivity contribution < 1.29 is 4.79 Å². The van der Waals surface area contributed by atoms with Gasteiger partial charge in [0.25, 0.3) is 0 Å². The van der Waals surface area contributed by atoms with Crippen LogP contribution in [0.4, 0.5) is 0 Å². The Morgan fingerprint density at radius 1 is 1.05 bits per heavy atom. The summed E-state index contributed by atoms with van der Waals surface area (Å²) in [5.74, 6) is 0.207. The third-order valence-electron chi connectivity index (χ3n) is 4.02. The molecule has 0 atom stereocenters. The van der Waals surface area contributed by atoms with Crippen LogP contribution >= 0.6 is 0 Å². The van der Waals surface area contributed by atoms with Gasteiger partial charge in [-0.2, -0.15) is 0 Å². The van der Waals surface area contributed by atoms with E-state index in [9.17, 15) is 4.79 Å². The molecule has 0 aliphatic carbocycles. The van der Waals surface area contributed by atoms with Crippen molar-refractivity contribution >= 4 is 27.6 Å². The van der Waals surface area contributed by atoms with Gasteiger partial charge in [-0.05, 0) is 38.4 Å². The summed E-state index contributed by atoms with van der Waals surface area (Å²) in [5.41, 5.74) is 3.17. The number of carbonyl (C=O) groups is 1. The monoisotopic (exact) mass is 280 g/mol. The second-order valence-electron chi connectivity index (χ2n) is 5.78. The zero-order valence-corrected chi connectivity index (χ0v) is 12.8. The molecule has 3 aromatic rings. The molecule has 0 bridgehead atoms. The number of fused-ring (bicyclic) bond motifs is 3. The molecule has 108 valence electrons. The van der Waals surface area contributed by atoms with Crippen molar-refractivity contribution in [3.8, 4) is 0 Å². The lowest BCUT2D eigenvalue weighted by atomic mass is 10.0. The van der Waals surface area contributed by atoms with E-state index < -0.39 is 0 Å². The molecule has 1 aromatic heterocycles. The number of ketones is 1. The van der Waals surface area contributed by atoms with Crippen LogP contribution in [0, 0.1) is 0 Å². The van der Waals surface area contributed by atoms with Gasteiger partial charge < -0.3 is 9.47 Å². The summed E-state index contributed by atoms with van der Waals surface area (Å²) in [7, 11) is 6.04. The van der Waals surface area contributed by atoms with Crippen LogP contribution in [0.15, 0.2) is 42.5 Å². The van der Waals surface area contributed by atoms with Crippen LogP contribution in [0.25, 0.3) is 21.8 Å². The predicted molar refractivity (Wildman–Crippen MR) is 87.9 cm³/mol. The molecule has 2 aromatic carbocycles. The molecule has 0 N–H and O–H groups in total. The number of hydrogen-bond acceptors (Lipinski definition) is 2. The lowest BCUT2D eigenvalue weighted by molar-refractivity contribution is 0.0972. The first-order chi connectivity index (χ1) is 10.1. The zero-order valence-electron chi connectivity index (χ0n) is 12.8. The molecule has 0 saturated carbocycles. The first kappa shape index (κ1) is 13.8. The van der Waals surface area contributed by atoms with Crippen molar-refractivity contribution in [2.45, 2.75) is 6.42 Å². The standard InChI is InChI=1S/C18H20N2O/c1-19(2)11-10-18(21)13-8-9-17-15(12-13)14-6-4-5-7-16(14)20(17)3/h4-9,12H,10-11H2,1-3H3. The number of hydrogen-bond donors (Lipinski definition) is 0. The van der Waals surface area contributed by atoms with Crippen LogP contribution in [0.1, 0.15) is 16.8 Å². The molecule has 0 spiro atoms. The fraction of sp³-hybridized carbons (Fsp3) is 0.278. The van der Waals surface area contributed by atoms with E-state index >= 15 is 0 Å². The molecular weight excluding hydrogens is 260 g/mol. The summed E-state index contributed by atoms with van der Waals surface area (Å²) in [4.78, 5) is 14.3. The second kappa shape index (κ2) is 5.34. The molecule has 0 aliphatic heterocycles. The average molecular weight is 280 g/mol. The van der Waals surface area contributed by atoms with Gasteiger partial charge in [0.15, 0.2) is 5.78 Å². The number of benzene rings is 2. The Morgan fingerprint density at radius 3 is 2.52 bits per heavy atom. The largest absolute Gasteiger partial charge is 0.344 e. The molecule has 3 heteroatoms. The van der Waals surface area contributed by atoms with Gasteiger partial charge in [-0.15, -0.1) is 0 Å². The number of nitrogens with zero attached hydrogens (tertiary/aromatic N) is 2. The molecule has 21 heavy (non-hydrogen) atoms. The van der Waals surface area contributed by atoms with E-state index in [1.165, 1.54) is 16.4 Å². The van der Waals surface area contributed by atoms with E-state index in [2.05, 4.69) is 29.8 Å². The summed E-state index contributed by atoms with van der Waals surface area (Å²) in [6, 6.07) is 14.4. The minimum absolute atomic E-state index is 0.207. The number of para-hydroxylation sites is 1. The summed E-state index contributed by atoms with van der Waals surface area (Å²) in [6.45, 7) is 0.784. The molecule has 0 unspecified atom stereocenters. The topological polar surface area (TPSA) is 25.2 Å². The van der Waals surface area contributed by atoms with Crippen LogP contribution in [0.5, 0.6) is 0 Å². The highest BCUT2D eigenvalue weighted by molar-refractivity contribution is 6.10. The van der Waals surface area contributed by atoms with Gasteiger partial charge in [-0.1, -0.05) is 18.2 Å². The minimum atomic E-state index is 0.207. The summed E-state index contributed by atoms with van der Waals surface area (Å²) in [6.07, 6.45) is 0.559. The van der Waals surface area contributed by atoms with Crippen molar-refractivity contribution in [3.05, 3.63) is 48.0 Å². The molecule has 3 nitrogen and oxygen atoms in total. The fourth-order valence-corrected chi connectivity index (χ4v) is 2.81. The first-order valence-electron chi connectivity index (χ1n) is 7.23. The van der Waals surface area contributed by atoms with Gasteiger partial charge in [0.05, 0.1) is 0 Å². The lowest BCUT2D eigenvalue weighted by Crippen LogP contribution is -2.16. The molecule has 0 aliphatic rings. The molecule has 1 heterocycles. The molecule has 0 amide bonds. The first-order valence-corrected chi connectivity index (χ1v) is 7.23. The van der Waals surface area contributed by atoms with Gasteiger partial charge >= 0.3 is 0 Å². The minimum Gasteiger partial charge on any atom is -0.344 e. The Hall–Kier alpha value is -2.13. The maximum atomic E-state index is 12.3. The van der Waals surface area contributed by atoms with Crippen molar-refractivity contribution in [1.29, 1.82) is 0 Å². The molecule has 3 rings (SSSR count). The Labute approximate surface area is 124 Å². The fourth-order valence-electron chi connectivity index (χ4n) is 2.81. The molecular formula is C18H20N2O. The Balaban J connectivity index is 2.07. The van der Waals surface area contributed by atoms with Crippen LogP contribution in [0.2, 0.25) is 0 Å². The predicted octanol–water partition coefficient (Wildman–Crippen LogP) is 3.47. The van der Waals surface area contributed by atoms with Gasteiger partial charge in [0, 0.05) is 47.4 Å². The third-order valence-corrected chi connectivity index (χ3v) is 4.02. The van der Waals surface area contributed by atoms with E-state index in [1.807, 2.05) is 43.3 Å². The van der Waals surface area contributed by atoms with Crippen LogP contribution < -0.4 is 0 Å². The van der Waals surface area contributed by atoms with Crippen molar-refractivity contribution in [2.24, 2.45) is 7.05 Å². The number of carbonyl (C=O) groups excluding carboxylic acids is 1. The Morgan fingerprint density at radius 2 is 1.76 bits per heavy atom. The van der Waals surface area contributed by atoms with Crippen LogP contribution in [0.3, 0.4) is 0 Å². The van der Waals surface area contributed by atoms with E-state index in [0.29, 0.717) is 6.42 Å². The third kappa shape index (κ3) is 2.45. The summed E-state index contributed by atoms with van der Waals surface area (Å²) >= 11 is 0. The van der Waals surface area contributed by atoms with Gasteiger partial charge in [-0.3, -0.25) is 4.79 Å². The second-order valence-corrected chi connectivity index (χ2v) is 5.78. The van der Waals surface area contributed by atoms with Gasteiger partial charge in [0.1, 0.15) is 0 Å². The highest BCUT2D eigenvalue weighted by Gasteiger charge is 2.11. The molecule has 0 radical (unpaired) electrons. The van der Waals surface area contributed by atoms with E-state index in [1.54, 1.807) is 0 Å². The number of Topliss-reactive ketones (excluding diaryl/α,β-unsaturated/α-hetero) is 1. The smallest absolute Gasteiger partial charge is 0.164 e. The van der Waals surface area contributed by atoms with Crippen LogP contribution in [-0.2, 0) is 7.05 Å². The van der Waals surface area contributed by atoms with E-state index in [-0.39, 0.29) is 5.78 Å². The number of aromatic nitrogens is 1. The lowest BCUT2D eigenvalue weighted by Gasteiger charge is -2.08. The van der Waals surface area contributed by atoms with E-state index in [4.69, 9.17) is 0 Å². The summed E-state index contributed by atoms with van der Waals surface area (Å²) < 4.78 is 2.18. The highest BCUT2D eigenvalue weighted by Crippen LogP contribution is 2.28. The maximum Gasteiger partial charge on any atom is 0.164 e.